The van der Waals surface area contributed by atoms with Crippen LogP contribution in [-0.4, -0.2) is 54.1 Å². The molecule has 2 heterocycles. The zero-order chi connectivity index (χ0) is 16.4. The Morgan fingerprint density at radius 1 is 1.26 bits per heavy atom. The van der Waals surface area contributed by atoms with Gasteiger partial charge in [0, 0.05) is 25.2 Å². The van der Waals surface area contributed by atoms with Crippen LogP contribution in [0, 0.1) is 0 Å². The molecule has 2 saturated heterocycles. The van der Waals surface area contributed by atoms with Crippen LogP contribution in [0.4, 0.5) is 0 Å². The zero-order valence-corrected chi connectivity index (χ0v) is 13.6. The fraction of sp³-hybridized carbons (Fsp3) is 0.529. The van der Waals surface area contributed by atoms with E-state index in [1.165, 1.54) is 5.06 Å². The first kappa shape index (κ1) is 15.8. The van der Waals surface area contributed by atoms with Gasteiger partial charge in [-0.3, -0.25) is 14.4 Å². The summed E-state index contributed by atoms with van der Waals surface area (Å²) in [5.41, 5.74) is 0.240. The van der Waals surface area contributed by atoms with Gasteiger partial charge in [-0.15, -0.1) is 0 Å². The second-order valence-corrected chi connectivity index (χ2v) is 6.06. The normalized spacial score (nSPS) is 20.2. The average Bonchev–Trinajstić information content (AvgIpc) is 2.90. The second-order valence-electron chi connectivity index (χ2n) is 6.06. The number of benzene rings is 1. The number of carbonyl (C=O) groups is 2. The SMILES string of the molecule is CCN1OC2(CCN(C(=O)c3ccc(OC)cc3)CC2)CC1=O. The van der Waals surface area contributed by atoms with Crippen molar-refractivity contribution in [2.24, 2.45) is 0 Å². The molecule has 0 saturated carbocycles. The summed E-state index contributed by atoms with van der Waals surface area (Å²) < 4.78 is 5.11. The van der Waals surface area contributed by atoms with Crippen LogP contribution in [0.25, 0.3) is 0 Å². The number of methoxy groups -OCH3 is 1. The fourth-order valence-electron chi connectivity index (χ4n) is 3.22. The van der Waals surface area contributed by atoms with Crippen molar-refractivity contribution in [3.05, 3.63) is 29.8 Å². The van der Waals surface area contributed by atoms with Gasteiger partial charge < -0.3 is 9.64 Å². The predicted molar refractivity (Wildman–Crippen MR) is 84.0 cm³/mol. The van der Waals surface area contributed by atoms with Crippen molar-refractivity contribution >= 4 is 11.8 Å². The molecule has 1 spiro atoms. The number of likely N-dealkylation sites (tertiary alicyclic amines) is 1. The number of hydroxylamine groups is 2. The van der Waals surface area contributed by atoms with Gasteiger partial charge >= 0.3 is 0 Å². The summed E-state index contributed by atoms with van der Waals surface area (Å²) in [5.74, 6) is 0.790. The van der Waals surface area contributed by atoms with Gasteiger partial charge in [0.1, 0.15) is 11.4 Å². The quantitative estimate of drug-likeness (QED) is 0.853. The molecular weight excluding hydrogens is 296 g/mol. The van der Waals surface area contributed by atoms with E-state index in [1.807, 2.05) is 11.8 Å². The molecule has 2 amide bonds. The third-order valence-corrected chi connectivity index (χ3v) is 4.64. The minimum Gasteiger partial charge on any atom is -0.497 e. The third-order valence-electron chi connectivity index (χ3n) is 4.64. The highest BCUT2D eigenvalue weighted by Gasteiger charge is 2.46. The van der Waals surface area contributed by atoms with E-state index in [0.29, 0.717) is 44.5 Å². The van der Waals surface area contributed by atoms with E-state index < -0.39 is 5.60 Å². The minimum absolute atomic E-state index is 0.0131. The highest BCUT2D eigenvalue weighted by atomic mass is 16.7. The molecule has 0 N–H and O–H groups in total. The molecule has 0 unspecified atom stereocenters. The lowest BCUT2D eigenvalue weighted by Gasteiger charge is -2.37. The van der Waals surface area contributed by atoms with Crippen LogP contribution in [0.3, 0.4) is 0 Å². The molecule has 1 aromatic carbocycles. The largest absolute Gasteiger partial charge is 0.497 e. The molecule has 0 aliphatic carbocycles. The van der Waals surface area contributed by atoms with Crippen LogP contribution in [0.1, 0.15) is 36.5 Å². The lowest BCUT2D eigenvalue weighted by atomic mass is 9.88. The van der Waals surface area contributed by atoms with Crippen molar-refractivity contribution in [2.75, 3.05) is 26.7 Å². The summed E-state index contributed by atoms with van der Waals surface area (Å²) in [6.45, 7) is 3.68. The van der Waals surface area contributed by atoms with E-state index >= 15 is 0 Å². The Bertz CT molecular complexity index is 591. The zero-order valence-electron chi connectivity index (χ0n) is 13.6. The first-order valence-corrected chi connectivity index (χ1v) is 8.00. The molecule has 2 aliphatic heterocycles. The van der Waals surface area contributed by atoms with Gasteiger partial charge in [-0.1, -0.05) is 0 Å². The Labute approximate surface area is 135 Å². The Hall–Kier alpha value is -2.08. The summed E-state index contributed by atoms with van der Waals surface area (Å²) in [6, 6.07) is 7.13. The predicted octanol–water partition coefficient (Wildman–Crippen LogP) is 1.85. The summed E-state index contributed by atoms with van der Waals surface area (Å²) >= 11 is 0. The van der Waals surface area contributed by atoms with Gasteiger partial charge in [0.15, 0.2) is 0 Å². The molecule has 0 atom stereocenters. The highest BCUT2D eigenvalue weighted by molar-refractivity contribution is 5.94. The van der Waals surface area contributed by atoms with Crippen molar-refractivity contribution in [2.45, 2.75) is 31.8 Å². The van der Waals surface area contributed by atoms with E-state index in [1.54, 1.807) is 31.4 Å². The molecule has 0 radical (unpaired) electrons. The molecule has 1 aromatic rings. The standard InChI is InChI=1S/C17H22N2O4/c1-3-19-15(20)12-17(23-19)8-10-18(11-9-17)16(21)13-4-6-14(22-2)7-5-13/h4-7H,3,8-12H2,1-2H3. The van der Waals surface area contributed by atoms with Crippen molar-refractivity contribution < 1.29 is 19.2 Å². The number of hydrogen-bond donors (Lipinski definition) is 0. The van der Waals surface area contributed by atoms with Crippen LogP contribution >= 0.6 is 0 Å². The molecule has 124 valence electrons. The van der Waals surface area contributed by atoms with Gasteiger partial charge in [0.05, 0.1) is 13.5 Å². The number of amides is 2. The molecule has 2 fully saturated rings. The summed E-state index contributed by atoms with van der Waals surface area (Å²) in [6.07, 6.45) is 1.81. The van der Waals surface area contributed by atoms with Crippen LogP contribution in [0.5, 0.6) is 5.75 Å². The number of piperidine rings is 1. The maximum absolute atomic E-state index is 12.6. The summed E-state index contributed by atoms with van der Waals surface area (Å²) in [4.78, 5) is 32.1. The molecule has 2 aliphatic rings. The smallest absolute Gasteiger partial charge is 0.253 e. The molecule has 6 heteroatoms. The number of nitrogens with zero attached hydrogens (tertiary/aromatic N) is 2. The van der Waals surface area contributed by atoms with Crippen molar-refractivity contribution in [3.63, 3.8) is 0 Å². The molecule has 0 aromatic heterocycles. The molecule has 3 rings (SSSR count). The van der Waals surface area contributed by atoms with Crippen LogP contribution in [0.15, 0.2) is 24.3 Å². The molecule has 0 bridgehead atoms. The lowest BCUT2D eigenvalue weighted by Crippen LogP contribution is -2.47. The molecular formula is C17H22N2O4. The Morgan fingerprint density at radius 3 is 2.43 bits per heavy atom. The van der Waals surface area contributed by atoms with E-state index in [-0.39, 0.29) is 11.8 Å². The van der Waals surface area contributed by atoms with E-state index in [2.05, 4.69) is 0 Å². The van der Waals surface area contributed by atoms with E-state index in [4.69, 9.17) is 9.57 Å². The van der Waals surface area contributed by atoms with E-state index in [9.17, 15) is 9.59 Å². The first-order valence-electron chi connectivity index (χ1n) is 8.00. The van der Waals surface area contributed by atoms with Gasteiger partial charge in [0.2, 0.25) is 5.91 Å². The van der Waals surface area contributed by atoms with Crippen LogP contribution < -0.4 is 4.74 Å². The van der Waals surface area contributed by atoms with Gasteiger partial charge in [-0.2, -0.15) is 0 Å². The Morgan fingerprint density at radius 2 is 1.91 bits per heavy atom. The van der Waals surface area contributed by atoms with Crippen LogP contribution in [-0.2, 0) is 9.63 Å². The van der Waals surface area contributed by atoms with Crippen molar-refractivity contribution in [3.8, 4) is 5.75 Å². The van der Waals surface area contributed by atoms with Gasteiger partial charge in [0.25, 0.3) is 5.91 Å². The first-order chi connectivity index (χ1) is 11.1. The van der Waals surface area contributed by atoms with Crippen molar-refractivity contribution in [1.29, 1.82) is 0 Å². The topological polar surface area (TPSA) is 59.1 Å². The summed E-state index contributed by atoms with van der Waals surface area (Å²) in [7, 11) is 1.60. The maximum atomic E-state index is 12.6. The summed E-state index contributed by atoms with van der Waals surface area (Å²) in [5, 5.41) is 1.45. The minimum atomic E-state index is -0.413. The van der Waals surface area contributed by atoms with Gasteiger partial charge in [-0.25, -0.2) is 5.06 Å². The fourth-order valence-corrected chi connectivity index (χ4v) is 3.22. The van der Waals surface area contributed by atoms with Crippen LogP contribution in [0.2, 0.25) is 0 Å². The lowest BCUT2D eigenvalue weighted by molar-refractivity contribution is -0.206. The van der Waals surface area contributed by atoms with Crippen molar-refractivity contribution in [1.82, 2.24) is 9.96 Å². The number of hydrogen-bond acceptors (Lipinski definition) is 4. The average molecular weight is 318 g/mol. The highest BCUT2D eigenvalue weighted by Crippen LogP contribution is 2.36. The maximum Gasteiger partial charge on any atom is 0.253 e. The Kier molecular flexibility index (Phi) is 4.26. The number of ether oxygens (including phenoxy) is 1. The third kappa shape index (κ3) is 3.03. The second kappa shape index (κ2) is 6.20. The Balaban J connectivity index is 1.62. The van der Waals surface area contributed by atoms with Gasteiger partial charge in [-0.05, 0) is 44.0 Å². The molecule has 6 nitrogen and oxygen atoms in total. The van der Waals surface area contributed by atoms with E-state index in [0.717, 1.165) is 5.75 Å². The number of rotatable bonds is 3. The monoisotopic (exact) mass is 318 g/mol. The number of carbonyl (C=O) groups excluding carboxylic acids is 2. The molecule has 23 heavy (non-hydrogen) atoms.